The highest BCUT2D eigenvalue weighted by atomic mass is 16.2. The number of amides is 4. The van der Waals surface area contributed by atoms with Crippen LogP contribution in [0, 0.1) is 5.92 Å². The van der Waals surface area contributed by atoms with Crippen molar-refractivity contribution in [2.24, 2.45) is 11.7 Å². The number of imide groups is 2. The van der Waals surface area contributed by atoms with Crippen LogP contribution < -0.4 is 16.4 Å². The molecule has 1 fully saturated rings. The number of hydrogen-bond acceptors (Lipinski definition) is 6. The largest absolute Gasteiger partial charge is 0.384 e. The van der Waals surface area contributed by atoms with Crippen molar-refractivity contribution in [2.75, 3.05) is 18.4 Å². The van der Waals surface area contributed by atoms with Crippen LogP contribution in [0.25, 0.3) is 0 Å². The Morgan fingerprint density at radius 3 is 2.72 bits per heavy atom. The molecule has 8 heteroatoms. The van der Waals surface area contributed by atoms with Crippen molar-refractivity contribution in [1.29, 1.82) is 0 Å². The summed E-state index contributed by atoms with van der Waals surface area (Å²) in [6.45, 7) is 3.03. The maximum atomic E-state index is 12.8. The second-order valence-electron chi connectivity index (χ2n) is 6.40. The van der Waals surface area contributed by atoms with Gasteiger partial charge >= 0.3 is 0 Å². The third-order valence-corrected chi connectivity index (χ3v) is 4.51. The smallest absolute Gasteiger partial charge is 0.264 e. The first-order chi connectivity index (χ1) is 11.9. The number of nitrogens with zero attached hydrogens (tertiary/aromatic N) is 1. The van der Waals surface area contributed by atoms with Gasteiger partial charge in [0.15, 0.2) is 0 Å². The summed E-state index contributed by atoms with van der Waals surface area (Å²) in [6, 6.07) is 4.02. The van der Waals surface area contributed by atoms with E-state index in [0.717, 1.165) is 4.90 Å². The maximum absolute atomic E-state index is 12.8. The van der Waals surface area contributed by atoms with Crippen LogP contribution in [0.4, 0.5) is 5.69 Å². The Labute approximate surface area is 144 Å². The normalized spacial score (nSPS) is 21.2. The molecule has 3 rings (SSSR count). The van der Waals surface area contributed by atoms with Crippen LogP contribution in [-0.2, 0) is 9.59 Å². The van der Waals surface area contributed by atoms with Crippen LogP contribution in [-0.4, -0.2) is 47.7 Å². The Kier molecular flexibility index (Phi) is 4.54. The summed E-state index contributed by atoms with van der Waals surface area (Å²) < 4.78 is 0. The number of hydrogen-bond donors (Lipinski definition) is 3. The van der Waals surface area contributed by atoms with E-state index in [1.807, 2.05) is 6.92 Å². The van der Waals surface area contributed by atoms with E-state index in [1.54, 1.807) is 18.2 Å². The van der Waals surface area contributed by atoms with E-state index >= 15 is 0 Å². The zero-order valence-electron chi connectivity index (χ0n) is 13.9. The summed E-state index contributed by atoms with van der Waals surface area (Å²) in [5.41, 5.74) is 6.68. The minimum Gasteiger partial charge on any atom is -0.384 e. The second kappa shape index (κ2) is 6.64. The van der Waals surface area contributed by atoms with Gasteiger partial charge in [0.25, 0.3) is 11.8 Å². The summed E-state index contributed by atoms with van der Waals surface area (Å²) in [5.74, 6) is -1.83. The lowest BCUT2D eigenvalue weighted by atomic mass is 10.0. The highest BCUT2D eigenvalue weighted by molar-refractivity contribution is 6.25. The van der Waals surface area contributed by atoms with Gasteiger partial charge in [0.05, 0.1) is 11.1 Å². The molecule has 4 N–H and O–H groups in total. The zero-order valence-corrected chi connectivity index (χ0v) is 13.9. The van der Waals surface area contributed by atoms with Crippen molar-refractivity contribution >= 4 is 29.3 Å². The Bertz CT molecular complexity index is 761. The maximum Gasteiger partial charge on any atom is 0.264 e. The first-order valence-corrected chi connectivity index (χ1v) is 8.22. The Balaban J connectivity index is 1.89. The number of benzene rings is 1. The molecule has 0 aliphatic carbocycles. The lowest BCUT2D eigenvalue weighted by molar-refractivity contribution is -0.136. The Morgan fingerprint density at radius 2 is 2.04 bits per heavy atom. The number of carbonyl (C=O) groups excluding carboxylic acids is 4. The standard InChI is InChI=1S/C17H20N4O4/c1-9(7-18)8-19-11-4-2-3-10-14(11)17(25)21(16(10)24)12-5-6-13(22)20-15(12)23/h2-4,9,12,19H,5-8,18H2,1H3,(H,20,22,23)/t9-,12?/m0/s1. The molecule has 2 atom stereocenters. The van der Waals surface area contributed by atoms with Crippen molar-refractivity contribution < 1.29 is 19.2 Å². The van der Waals surface area contributed by atoms with Crippen molar-refractivity contribution in [3.63, 3.8) is 0 Å². The predicted molar refractivity (Wildman–Crippen MR) is 89.8 cm³/mol. The predicted octanol–water partition coefficient (Wildman–Crippen LogP) is 0.0945. The van der Waals surface area contributed by atoms with Gasteiger partial charge in [-0.25, -0.2) is 0 Å². The third kappa shape index (κ3) is 3.00. The van der Waals surface area contributed by atoms with Gasteiger partial charge in [0.2, 0.25) is 11.8 Å². The van der Waals surface area contributed by atoms with Crippen LogP contribution in [0.15, 0.2) is 18.2 Å². The molecule has 0 saturated carbocycles. The van der Waals surface area contributed by atoms with Crippen LogP contribution >= 0.6 is 0 Å². The fourth-order valence-electron chi connectivity index (χ4n) is 3.03. The van der Waals surface area contributed by atoms with Crippen molar-refractivity contribution in [1.82, 2.24) is 10.2 Å². The summed E-state index contributed by atoms with van der Waals surface area (Å²) in [5, 5.41) is 5.34. The summed E-state index contributed by atoms with van der Waals surface area (Å²) in [6.07, 6.45) is 0.242. The fraction of sp³-hybridized carbons (Fsp3) is 0.412. The highest BCUT2D eigenvalue weighted by Gasteiger charge is 2.45. The number of carbonyl (C=O) groups is 4. The van der Waals surface area contributed by atoms with Gasteiger partial charge in [0.1, 0.15) is 6.04 Å². The van der Waals surface area contributed by atoms with Crippen molar-refractivity contribution in [3.05, 3.63) is 29.3 Å². The molecule has 0 spiro atoms. The molecule has 0 aromatic heterocycles. The molecule has 2 heterocycles. The number of nitrogens with one attached hydrogen (secondary N) is 2. The van der Waals surface area contributed by atoms with E-state index < -0.39 is 29.7 Å². The number of fused-ring (bicyclic) bond motifs is 1. The van der Waals surface area contributed by atoms with Crippen LogP contribution in [0.5, 0.6) is 0 Å². The molecule has 8 nitrogen and oxygen atoms in total. The molecule has 1 saturated heterocycles. The molecule has 2 aliphatic rings. The monoisotopic (exact) mass is 344 g/mol. The molecular formula is C17H20N4O4. The molecule has 0 bridgehead atoms. The van der Waals surface area contributed by atoms with Gasteiger partial charge < -0.3 is 11.1 Å². The molecule has 132 valence electrons. The van der Waals surface area contributed by atoms with Gasteiger partial charge in [0, 0.05) is 18.7 Å². The van der Waals surface area contributed by atoms with Gasteiger partial charge in [-0.2, -0.15) is 0 Å². The van der Waals surface area contributed by atoms with E-state index in [4.69, 9.17) is 5.73 Å². The number of rotatable bonds is 5. The summed E-state index contributed by atoms with van der Waals surface area (Å²) in [4.78, 5) is 49.9. The summed E-state index contributed by atoms with van der Waals surface area (Å²) in [7, 11) is 0. The molecule has 1 aromatic rings. The minimum atomic E-state index is -0.957. The zero-order chi connectivity index (χ0) is 18.1. The molecule has 4 amide bonds. The Morgan fingerprint density at radius 1 is 1.28 bits per heavy atom. The topological polar surface area (TPSA) is 122 Å². The third-order valence-electron chi connectivity index (χ3n) is 4.51. The van der Waals surface area contributed by atoms with E-state index in [2.05, 4.69) is 10.6 Å². The highest BCUT2D eigenvalue weighted by Crippen LogP contribution is 2.32. The van der Waals surface area contributed by atoms with E-state index in [-0.39, 0.29) is 29.9 Å². The Hall–Kier alpha value is -2.74. The molecule has 2 aliphatic heterocycles. The van der Waals surface area contributed by atoms with Crippen LogP contribution in [0.3, 0.4) is 0 Å². The van der Waals surface area contributed by atoms with E-state index in [9.17, 15) is 19.2 Å². The first kappa shape index (κ1) is 17.1. The lowest BCUT2D eigenvalue weighted by Gasteiger charge is -2.27. The van der Waals surface area contributed by atoms with E-state index in [1.165, 1.54) is 0 Å². The fourth-order valence-corrected chi connectivity index (χ4v) is 3.03. The van der Waals surface area contributed by atoms with Gasteiger partial charge in [-0.3, -0.25) is 29.4 Å². The average Bonchev–Trinajstić information content (AvgIpc) is 2.85. The molecule has 1 aromatic carbocycles. The quantitative estimate of drug-likeness (QED) is 0.651. The van der Waals surface area contributed by atoms with Crippen LogP contribution in [0.2, 0.25) is 0 Å². The SMILES string of the molecule is C[C@@H](CN)CNc1cccc2c1C(=O)N(C1CCC(=O)NC1=O)C2=O. The van der Waals surface area contributed by atoms with Crippen LogP contribution in [0.1, 0.15) is 40.5 Å². The van der Waals surface area contributed by atoms with E-state index in [0.29, 0.717) is 18.8 Å². The molecular weight excluding hydrogens is 324 g/mol. The summed E-state index contributed by atoms with van der Waals surface area (Å²) >= 11 is 0. The van der Waals surface area contributed by atoms with Crippen molar-refractivity contribution in [2.45, 2.75) is 25.8 Å². The van der Waals surface area contributed by atoms with Gasteiger partial charge in [-0.1, -0.05) is 13.0 Å². The second-order valence-corrected chi connectivity index (χ2v) is 6.40. The number of piperidine rings is 1. The number of anilines is 1. The molecule has 0 radical (unpaired) electrons. The molecule has 1 unspecified atom stereocenters. The number of nitrogens with two attached hydrogens (primary N) is 1. The van der Waals surface area contributed by atoms with Gasteiger partial charge in [-0.05, 0) is 31.0 Å². The average molecular weight is 344 g/mol. The lowest BCUT2D eigenvalue weighted by Crippen LogP contribution is -2.54. The van der Waals surface area contributed by atoms with Gasteiger partial charge in [-0.15, -0.1) is 0 Å². The molecule has 25 heavy (non-hydrogen) atoms. The minimum absolute atomic E-state index is 0.100. The van der Waals surface area contributed by atoms with Crippen molar-refractivity contribution in [3.8, 4) is 0 Å². The first-order valence-electron chi connectivity index (χ1n) is 8.22.